The third-order valence-corrected chi connectivity index (χ3v) is 22.1. The number of unbranched alkanes of at least 4 members (excludes halogenated alkanes) is 39. The van der Waals surface area contributed by atoms with E-state index in [4.69, 9.17) is 28.4 Å². The normalized spacial score (nSPS) is 25.3. The zero-order valence-corrected chi connectivity index (χ0v) is 70.6. The van der Waals surface area contributed by atoms with Crippen LogP contribution in [0, 0.1) is 0 Å². The summed E-state index contributed by atoms with van der Waals surface area (Å²) in [4.78, 5) is 13.5. The Bertz CT molecular complexity index is 2460. The van der Waals surface area contributed by atoms with E-state index >= 15 is 0 Å². The Morgan fingerprint density at radius 2 is 0.611 bits per heavy atom. The molecule has 0 bridgehead atoms. The molecule has 0 aromatic rings. The monoisotopic (exact) mass is 1600 g/mol. The molecule has 19 heteroatoms. The average molecular weight is 1600 g/mol. The van der Waals surface area contributed by atoms with Crippen LogP contribution in [0.15, 0.2) is 109 Å². The summed E-state index contributed by atoms with van der Waals surface area (Å²) in [6, 6.07) is -0.904. The minimum Gasteiger partial charge on any atom is -0.394 e. The number of ether oxygens (including phenoxy) is 6. The summed E-state index contributed by atoms with van der Waals surface area (Å²) < 4.78 is 34.6. The number of nitrogens with one attached hydrogen (secondary N) is 1. The van der Waals surface area contributed by atoms with E-state index in [1.54, 1.807) is 0 Å². The predicted molar refractivity (Wildman–Crippen MR) is 457 cm³/mol. The van der Waals surface area contributed by atoms with Crippen molar-refractivity contribution in [2.24, 2.45) is 0 Å². The molecule has 3 saturated heterocycles. The number of hydrogen-bond donors (Lipinski definition) is 12. The second kappa shape index (κ2) is 72.5. The Morgan fingerprint density at radius 3 is 0.956 bits per heavy atom. The molecule has 1 amide bonds. The Kier molecular flexibility index (Phi) is 66.5. The minimum absolute atomic E-state index is 0.247. The number of rotatable bonds is 73. The Morgan fingerprint density at radius 1 is 0.327 bits per heavy atom. The molecule has 0 aliphatic carbocycles. The van der Waals surface area contributed by atoms with Gasteiger partial charge in [-0.05, 0) is 83.5 Å². The van der Waals surface area contributed by atoms with Crippen LogP contribution in [0.25, 0.3) is 0 Å². The molecule has 113 heavy (non-hydrogen) atoms. The van der Waals surface area contributed by atoms with Crippen LogP contribution in [-0.4, -0.2) is 193 Å². The number of hydrogen-bond acceptors (Lipinski definition) is 18. The lowest BCUT2D eigenvalue weighted by Gasteiger charge is -2.48. The first-order valence-corrected chi connectivity index (χ1v) is 45.6. The first kappa shape index (κ1) is 104. The quantitative estimate of drug-likeness (QED) is 0.0199. The molecule has 3 heterocycles. The topological polar surface area (TPSA) is 307 Å². The lowest BCUT2D eigenvalue weighted by molar-refractivity contribution is -0.379. The zero-order chi connectivity index (χ0) is 81.7. The maximum Gasteiger partial charge on any atom is 0.220 e. The van der Waals surface area contributed by atoms with Gasteiger partial charge in [-0.1, -0.05) is 367 Å². The van der Waals surface area contributed by atoms with Crippen LogP contribution in [0.4, 0.5) is 0 Å². The van der Waals surface area contributed by atoms with Gasteiger partial charge in [0.05, 0.1) is 38.6 Å². The Labute approximate surface area is 685 Å². The van der Waals surface area contributed by atoms with Crippen molar-refractivity contribution in [3.8, 4) is 0 Å². The molecule has 19 nitrogen and oxygen atoms in total. The summed E-state index contributed by atoms with van der Waals surface area (Å²) in [7, 11) is 0. The summed E-state index contributed by atoms with van der Waals surface area (Å²) >= 11 is 0. The van der Waals surface area contributed by atoms with Crippen molar-refractivity contribution in [2.75, 3.05) is 26.4 Å². The second-order valence-corrected chi connectivity index (χ2v) is 32.0. The second-order valence-electron chi connectivity index (χ2n) is 32.0. The molecule has 0 saturated carbocycles. The van der Waals surface area contributed by atoms with Gasteiger partial charge in [0.1, 0.15) is 73.2 Å². The number of aliphatic hydroxyl groups is 11. The summed E-state index contributed by atoms with van der Waals surface area (Å²) in [5.41, 5.74) is 0. The first-order chi connectivity index (χ1) is 55.3. The standard InChI is InChI=1S/C94H165NO18/c1-3-5-7-9-11-13-15-17-19-21-23-25-27-29-31-33-35-37-38-40-42-44-46-48-50-52-54-56-58-60-62-64-66-68-70-72-82(100)95-77(78(99)71-69-67-65-63-61-59-57-55-53-51-49-47-45-43-41-39-36-34-32-30-28-26-24-22-20-18-16-14-12-10-8-6-4-2)76-108-92-88(106)85(103)90(80(74-97)110-92)113-94-89(107)86(104)91(81(75-98)111-94)112-93-87(105)84(102)83(101)79(73-96)109-93/h5,7,11,13,17,19,23,25,29,31,35,37,40,42,46,48,52,54,77-81,83-94,96-99,101-107H,3-4,6,8-10,12,14-16,18,20-22,24,26-28,30,32-34,36,38-39,41,43-45,47,49-51,53,55-76H2,1-2H3,(H,95,100)/b7-5-,13-11-,19-17-,25-23-,31-29-,37-35-,42-40-,48-46-,54-52-. The van der Waals surface area contributed by atoms with Crippen LogP contribution in [0.3, 0.4) is 0 Å². The maximum absolute atomic E-state index is 13.5. The first-order valence-electron chi connectivity index (χ1n) is 45.6. The predicted octanol–water partition coefficient (Wildman–Crippen LogP) is 17.6. The molecule has 3 fully saturated rings. The molecule has 3 aliphatic rings. The Hall–Kier alpha value is -3.55. The van der Waals surface area contributed by atoms with Crippen LogP contribution >= 0.6 is 0 Å². The number of carbonyl (C=O) groups excluding carboxylic acids is 1. The molecule has 0 spiro atoms. The van der Waals surface area contributed by atoms with Crippen molar-refractivity contribution in [3.05, 3.63) is 109 Å². The van der Waals surface area contributed by atoms with Crippen molar-refractivity contribution in [3.63, 3.8) is 0 Å². The largest absolute Gasteiger partial charge is 0.394 e. The van der Waals surface area contributed by atoms with Gasteiger partial charge >= 0.3 is 0 Å². The van der Waals surface area contributed by atoms with Crippen LogP contribution in [0.2, 0.25) is 0 Å². The highest BCUT2D eigenvalue weighted by atomic mass is 16.8. The van der Waals surface area contributed by atoms with Gasteiger partial charge < -0.3 is 89.9 Å². The van der Waals surface area contributed by atoms with Crippen LogP contribution in [0.5, 0.6) is 0 Å². The highest BCUT2D eigenvalue weighted by molar-refractivity contribution is 5.76. The van der Waals surface area contributed by atoms with Crippen molar-refractivity contribution in [1.29, 1.82) is 0 Å². The van der Waals surface area contributed by atoms with Crippen molar-refractivity contribution in [2.45, 2.75) is 452 Å². The van der Waals surface area contributed by atoms with Crippen molar-refractivity contribution >= 4 is 5.91 Å². The van der Waals surface area contributed by atoms with E-state index < -0.39 is 124 Å². The van der Waals surface area contributed by atoms with E-state index in [1.807, 2.05) is 0 Å². The molecule has 0 aromatic heterocycles. The van der Waals surface area contributed by atoms with E-state index in [0.717, 1.165) is 128 Å². The molecule has 0 radical (unpaired) electrons. The fourth-order valence-corrected chi connectivity index (χ4v) is 14.9. The molecule has 12 N–H and O–H groups in total. The van der Waals surface area contributed by atoms with Gasteiger partial charge in [0, 0.05) is 6.42 Å². The summed E-state index contributed by atoms with van der Waals surface area (Å²) in [5, 5.41) is 121. The molecule has 17 atom stereocenters. The van der Waals surface area contributed by atoms with Gasteiger partial charge in [0.15, 0.2) is 18.9 Å². The van der Waals surface area contributed by atoms with E-state index in [9.17, 15) is 61.0 Å². The fourth-order valence-electron chi connectivity index (χ4n) is 14.9. The average Bonchev–Trinajstić information content (AvgIpc) is 0.780. The fraction of sp³-hybridized carbons (Fsp3) is 0.798. The number of aliphatic hydroxyl groups excluding tert-OH is 11. The van der Waals surface area contributed by atoms with Crippen LogP contribution in [0.1, 0.15) is 348 Å². The van der Waals surface area contributed by atoms with Gasteiger partial charge in [-0.15, -0.1) is 0 Å². The van der Waals surface area contributed by atoms with Gasteiger partial charge in [-0.2, -0.15) is 0 Å². The molecule has 3 aliphatic heterocycles. The smallest absolute Gasteiger partial charge is 0.220 e. The third-order valence-electron chi connectivity index (χ3n) is 22.1. The van der Waals surface area contributed by atoms with E-state index in [0.29, 0.717) is 12.8 Å². The van der Waals surface area contributed by atoms with E-state index in [-0.39, 0.29) is 18.9 Å². The highest BCUT2D eigenvalue weighted by Gasteiger charge is 2.54. The van der Waals surface area contributed by atoms with E-state index in [2.05, 4.69) is 129 Å². The summed E-state index contributed by atoms with van der Waals surface area (Å²) in [5.74, 6) is -0.254. The number of amides is 1. The lowest BCUT2D eigenvalue weighted by atomic mass is 9.96. The van der Waals surface area contributed by atoms with Crippen molar-refractivity contribution in [1.82, 2.24) is 5.32 Å². The van der Waals surface area contributed by atoms with Gasteiger partial charge in [0.25, 0.3) is 0 Å². The van der Waals surface area contributed by atoms with Crippen LogP contribution in [-0.2, 0) is 33.2 Å². The number of carbonyl (C=O) groups is 1. The van der Waals surface area contributed by atoms with Gasteiger partial charge in [-0.3, -0.25) is 4.79 Å². The lowest BCUT2D eigenvalue weighted by Crippen LogP contribution is -2.66. The summed E-state index contributed by atoms with van der Waals surface area (Å²) in [6.45, 7) is 1.72. The SMILES string of the molecule is CC/C=C\C/C=C\C/C=C\C/C=C\C/C=C\C/C=C\C/C=C\C/C=C\C/C=C\CCCCCCCCCC(=O)NC(COC1OC(CO)C(OC2OC(CO)C(OC3OC(CO)C(O)C(O)C3O)C(O)C2O)C(O)C1O)C(O)CCCCCCCCCCCCCCCCCCCCCCCCCCCCCCCCCCC. The van der Waals surface area contributed by atoms with Gasteiger partial charge in [-0.25, -0.2) is 0 Å². The Balaban J connectivity index is 1.33. The van der Waals surface area contributed by atoms with Crippen molar-refractivity contribution < 1.29 is 89.4 Å². The molecule has 0 aromatic carbocycles. The molecule has 17 unspecified atom stereocenters. The molecule has 654 valence electrons. The highest BCUT2D eigenvalue weighted by Crippen LogP contribution is 2.34. The van der Waals surface area contributed by atoms with E-state index in [1.165, 1.54) is 186 Å². The minimum atomic E-state index is -1.98. The molecule has 3 rings (SSSR count). The molecular weight excluding hydrogens is 1430 g/mol. The zero-order valence-electron chi connectivity index (χ0n) is 70.6. The van der Waals surface area contributed by atoms with Crippen LogP contribution < -0.4 is 5.32 Å². The molecular formula is C94H165NO18. The van der Waals surface area contributed by atoms with Gasteiger partial charge in [0.2, 0.25) is 5.91 Å². The maximum atomic E-state index is 13.5. The summed E-state index contributed by atoms with van der Waals surface area (Å²) in [6.07, 6.45) is 74.7. The third kappa shape index (κ3) is 50.9. The number of allylic oxidation sites excluding steroid dienone is 18.